The van der Waals surface area contributed by atoms with Gasteiger partial charge in [0.2, 0.25) is 0 Å². The Hall–Kier alpha value is -3.09. The number of hydrogen-bond acceptors (Lipinski definition) is 4. The van der Waals surface area contributed by atoms with Crippen molar-refractivity contribution in [2.45, 2.75) is 26.9 Å². The van der Waals surface area contributed by atoms with E-state index in [2.05, 4.69) is 10.9 Å². The van der Waals surface area contributed by atoms with E-state index < -0.39 is 17.9 Å². The second-order valence-corrected chi connectivity index (χ2v) is 5.77. The zero-order valence-corrected chi connectivity index (χ0v) is 14.6. The summed E-state index contributed by atoms with van der Waals surface area (Å²) in [6, 6.07) is 8.26. The molecule has 0 saturated carbocycles. The molecule has 0 radical (unpaired) electrons. The van der Waals surface area contributed by atoms with Gasteiger partial charge in [-0.1, -0.05) is 12.1 Å². The molecule has 0 aliphatic carbocycles. The van der Waals surface area contributed by atoms with Gasteiger partial charge in [0.15, 0.2) is 6.10 Å². The number of hydrogen-bond donors (Lipinski definition) is 2. The van der Waals surface area contributed by atoms with Crippen molar-refractivity contribution in [2.24, 2.45) is 7.05 Å². The summed E-state index contributed by atoms with van der Waals surface area (Å²) in [5.41, 5.74) is 6.42. The van der Waals surface area contributed by atoms with Crippen LogP contribution in [-0.2, 0) is 11.8 Å². The van der Waals surface area contributed by atoms with Gasteiger partial charge in [-0.3, -0.25) is 25.2 Å². The Morgan fingerprint density at radius 3 is 2.56 bits per heavy atom. The summed E-state index contributed by atoms with van der Waals surface area (Å²) in [7, 11) is 1.58. The molecule has 1 unspecified atom stereocenters. The standard InChI is InChI=1S/C18H21N3O4/c1-11-6-5-7-15(12(11)2)25-13(3)17(23)19-20-18(24)14-8-9-21(4)16(22)10-14/h5-10,13H,1-4H3,(H,19,23)(H,20,24). The number of carbonyl (C=O) groups is 2. The van der Waals surface area contributed by atoms with E-state index in [1.54, 1.807) is 20.0 Å². The molecule has 0 fully saturated rings. The monoisotopic (exact) mass is 343 g/mol. The fourth-order valence-electron chi connectivity index (χ4n) is 2.08. The average Bonchev–Trinajstić information content (AvgIpc) is 2.58. The number of carbonyl (C=O) groups excluding carboxylic acids is 2. The van der Waals surface area contributed by atoms with Crippen LogP contribution < -0.4 is 21.1 Å². The van der Waals surface area contributed by atoms with Gasteiger partial charge in [-0.2, -0.15) is 0 Å². The first-order valence-corrected chi connectivity index (χ1v) is 7.79. The number of benzene rings is 1. The third kappa shape index (κ3) is 4.47. The van der Waals surface area contributed by atoms with Gasteiger partial charge < -0.3 is 9.30 Å². The Balaban J connectivity index is 1.94. The van der Waals surface area contributed by atoms with Crippen molar-refractivity contribution in [3.63, 3.8) is 0 Å². The quantitative estimate of drug-likeness (QED) is 0.817. The van der Waals surface area contributed by atoms with Crippen LogP contribution in [0.3, 0.4) is 0 Å². The fraction of sp³-hybridized carbons (Fsp3) is 0.278. The van der Waals surface area contributed by atoms with Crippen molar-refractivity contribution in [1.29, 1.82) is 0 Å². The molecule has 2 aromatic rings. The maximum atomic E-state index is 12.1. The summed E-state index contributed by atoms with van der Waals surface area (Å²) < 4.78 is 6.99. The van der Waals surface area contributed by atoms with Crippen LogP contribution in [0.2, 0.25) is 0 Å². The summed E-state index contributed by atoms with van der Waals surface area (Å²) in [6.45, 7) is 5.45. The topological polar surface area (TPSA) is 89.4 Å². The minimum Gasteiger partial charge on any atom is -0.481 e. The second kappa shape index (κ2) is 7.65. The normalized spacial score (nSPS) is 11.5. The van der Waals surface area contributed by atoms with Crippen LogP contribution in [0.5, 0.6) is 5.75 Å². The molecule has 1 atom stereocenters. The predicted molar refractivity (Wildman–Crippen MR) is 93.3 cm³/mol. The van der Waals surface area contributed by atoms with Gasteiger partial charge in [-0.25, -0.2) is 0 Å². The molecule has 2 amide bonds. The van der Waals surface area contributed by atoms with Gasteiger partial charge in [-0.05, 0) is 44.0 Å². The highest BCUT2D eigenvalue weighted by Crippen LogP contribution is 2.21. The van der Waals surface area contributed by atoms with Crippen LogP contribution in [0.4, 0.5) is 0 Å². The highest BCUT2D eigenvalue weighted by molar-refractivity contribution is 5.95. The Morgan fingerprint density at radius 1 is 1.16 bits per heavy atom. The summed E-state index contributed by atoms with van der Waals surface area (Å²) >= 11 is 0. The van der Waals surface area contributed by atoms with E-state index >= 15 is 0 Å². The maximum absolute atomic E-state index is 12.1. The molecule has 1 aromatic heterocycles. The zero-order chi connectivity index (χ0) is 18.6. The number of rotatable bonds is 4. The summed E-state index contributed by atoms with van der Waals surface area (Å²) in [6.07, 6.45) is 0.676. The molecule has 0 bridgehead atoms. The molecule has 7 nitrogen and oxygen atoms in total. The zero-order valence-electron chi connectivity index (χ0n) is 14.6. The van der Waals surface area contributed by atoms with E-state index in [9.17, 15) is 14.4 Å². The number of nitrogens with one attached hydrogen (secondary N) is 2. The van der Waals surface area contributed by atoms with Crippen molar-refractivity contribution in [3.05, 3.63) is 63.6 Å². The molecule has 7 heteroatoms. The number of nitrogens with zero attached hydrogens (tertiary/aromatic N) is 1. The molecule has 0 aliphatic rings. The highest BCUT2D eigenvalue weighted by atomic mass is 16.5. The van der Waals surface area contributed by atoms with Crippen LogP contribution in [0.1, 0.15) is 28.4 Å². The Kier molecular flexibility index (Phi) is 5.59. The molecule has 1 aromatic carbocycles. The average molecular weight is 343 g/mol. The van der Waals surface area contributed by atoms with Crippen LogP contribution in [-0.4, -0.2) is 22.5 Å². The van der Waals surface area contributed by atoms with Gasteiger partial charge in [0.1, 0.15) is 5.75 Å². The number of ether oxygens (including phenoxy) is 1. The van der Waals surface area contributed by atoms with E-state index in [4.69, 9.17) is 4.74 Å². The highest BCUT2D eigenvalue weighted by Gasteiger charge is 2.17. The van der Waals surface area contributed by atoms with Crippen molar-refractivity contribution < 1.29 is 14.3 Å². The van der Waals surface area contributed by atoms with E-state index in [1.165, 1.54) is 22.9 Å². The summed E-state index contributed by atoms with van der Waals surface area (Å²) in [4.78, 5) is 35.6. The van der Waals surface area contributed by atoms with Crippen molar-refractivity contribution in [1.82, 2.24) is 15.4 Å². The molecular formula is C18H21N3O4. The maximum Gasteiger partial charge on any atom is 0.279 e. The minimum atomic E-state index is -0.801. The first-order valence-electron chi connectivity index (χ1n) is 7.79. The van der Waals surface area contributed by atoms with Crippen molar-refractivity contribution >= 4 is 11.8 Å². The molecule has 1 heterocycles. The predicted octanol–water partition coefficient (Wildman–Crippen LogP) is 1.23. The van der Waals surface area contributed by atoms with Gasteiger partial charge in [-0.15, -0.1) is 0 Å². The van der Waals surface area contributed by atoms with E-state index in [-0.39, 0.29) is 11.1 Å². The molecular weight excluding hydrogens is 322 g/mol. The van der Waals surface area contributed by atoms with Gasteiger partial charge in [0.05, 0.1) is 0 Å². The third-order valence-electron chi connectivity index (χ3n) is 3.89. The van der Waals surface area contributed by atoms with Crippen LogP contribution in [0, 0.1) is 13.8 Å². The van der Waals surface area contributed by atoms with Gasteiger partial charge in [0.25, 0.3) is 17.4 Å². The van der Waals surface area contributed by atoms with Gasteiger partial charge >= 0.3 is 0 Å². The lowest BCUT2D eigenvalue weighted by Gasteiger charge is -2.17. The van der Waals surface area contributed by atoms with Crippen LogP contribution in [0.15, 0.2) is 41.3 Å². The smallest absolute Gasteiger partial charge is 0.279 e. The second-order valence-electron chi connectivity index (χ2n) is 5.77. The molecule has 0 aliphatic heterocycles. The summed E-state index contributed by atoms with van der Waals surface area (Å²) in [5.74, 6) is -0.469. The van der Waals surface area contributed by atoms with Crippen LogP contribution in [0.25, 0.3) is 0 Å². The lowest BCUT2D eigenvalue weighted by molar-refractivity contribution is -0.128. The number of amides is 2. The first-order chi connectivity index (χ1) is 11.8. The number of aromatic nitrogens is 1. The third-order valence-corrected chi connectivity index (χ3v) is 3.89. The molecule has 2 rings (SSSR count). The molecule has 0 saturated heterocycles. The Morgan fingerprint density at radius 2 is 1.88 bits per heavy atom. The van der Waals surface area contributed by atoms with E-state index in [0.29, 0.717) is 5.75 Å². The van der Waals surface area contributed by atoms with E-state index in [1.807, 2.05) is 26.0 Å². The number of aryl methyl sites for hydroxylation is 2. The van der Waals surface area contributed by atoms with Crippen molar-refractivity contribution in [3.8, 4) is 5.75 Å². The molecule has 25 heavy (non-hydrogen) atoms. The summed E-state index contributed by atoms with van der Waals surface area (Å²) in [5, 5.41) is 0. The number of pyridine rings is 1. The fourth-order valence-corrected chi connectivity index (χ4v) is 2.08. The Labute approximate surface area is 145 Å². The molecule has 132 valence electrons. The molecule has 0 spiro atoms. The number of hydrazine groups is 1. The van der Waals surface area contributed by atoms with E-state index in [0.717, 1.165) is 11.1 Å². The minimum absolute atomic E-state index is 0.159. The largest absolute Gasteiger partial charge is 0.481 e. The molecule has 2 N–H and O–H groups in total. The van der Waals surface area contributed by atoms with Gasteiger partial charge in [0, 0.05) is 24.9 Å². The van der Waals surface area contributed by atoms with Crippen molar-refractivity contribution in [2.75, 3.05) is 0 Å². The first kappa shape index (κ1) is 18.3. The van der Waals surface area contributed by atoms with Crippen LogP contribution >= 0.6 is 0 Å². The lowest BCUT2D eigenvalue weighted by Crippen LogP contribution is -2.47. The lowest BCUT2D eigenvalue weighted by atomic mass is 10.1. The Bertz CT molecular complexity index is 858. The SMILES string of the molecule is Cc1cccc(OC(C)C(=O)NNC(=O)c2ccn(C)c(=O)c2)c1C.